The summed E-state index contributed by atoms with van der Waals surface area (Å²) in [5, 5.41) is 9.11. The molecule has 1 rings (SSSR count). The zero-order chi connectivity index (χ0) is 12.8. The first-order chi connectivity index (χ1) is 8.00. The minimum Gasteiger partial charge on any atom is -0.488 e. The van der Waals surface area contributed by atoms with Gasteiger partial charge in [-0.2, -0.15) is 0 Å². The number of benzene rings is 1. The molecule has 0 aromatic heterocycles. The lowest BCUT2D eigenvalue weighted by molar-refractivity contribution is -0.136. The van der Waals surface area contributed by atoms with Crippen LogP contribution in [0.1, 0.15) is 18.9 Å². The van der Waals surface area contributed by atoms with Crippen molar-refractivity contribution in [1.29, 1.82) is 0 Å². The van der Waals surface area contributed by atoms with Crippen molar-refractivity contribution >= 4 is 17.6 Å². The van der Waals surface area contributed by atoms with Gasteiger partial charge in [-0.15, -0.1) is 0 Å². The first kappa shape index (κ1) is 13.6. The Morgan fingerprint density at radius 2 is 2.24 bits per heavy atom. The van der Waals surface area contributed by atoms with Crippen molar-refractivity contribution in [2.45, 2.75) is 19.8 Å². The van der Waals surface area contributed by atoms with Crippen LogP contribution in [-0.4, -0.2) is 17.7 Å². The predicted octanol–water partition coefficient (Wildman–Crippen LogP) is 3.31. The molecule has 0 aliphatic carbocycles. The highest BCUT2D eigenvalue weighted by molar-refractivity contribution is 6.32. The first-order valence-corrected chi connectivity index (χ1v) is 5.65. The van der Waals surface area contributed by atoms with Crippen molar-refractivity contribution in [3.63, 3.8) is 0 Å². The van der Waals surface area contributed by atoms with Gasteiger partial charge in [-0.05, 0) is 30.5 Å². The van der Waals surface area contributed by atoms with Gasteiger partial charge in [0, 0.05) is 6.42 Å². The highest BCUT2D eigenvalue weighted by Crippen LogP contribution is 2.29. The highest BCUT2D eigenvalue weighted by atomic mass is 35.5. The lowest BCUT2D eigenvalue weighted by Gasteiger charge is -2.10. The van der Waals surface area contributed by atoms with Gasteiger partial charge in [0.25, 0.3) is 0 Å². The molecule has 0 saturated heterocycles. The number of carboxylic acid groups (broad SMARTS) is 1. The molecule has 0 amide bonds. The van der Waals surface area contributed by atoms with Crippen LogP contribution in [0.2, 0.25) is 5.02 Å². The number of hydrogen-bond acceptors (Lipinski definition) is 2. The number of halogens is 1. The number of rotatable bonds is 6. The third-order valence-corrected chi connectivity index (χ3v) is 2.55. The van der Waals surface area contributed by atoms with Gasteiger partial charge in [0.2, 0.25) is 0 Å². The largest absolute Gasteiger partial charge is 0.488 e. The van der Waals surface area contributed by atoms with Gasteiger partial charge in [-0.1, -0.05) is 30.3 Å². The summed E-state index contributed by atoms with van der Waals surface area (Å²) in [6.07, 6.45) is 0.460. The van der Waals surface area contributed by atoms with Gasteiger partial charge in [-0.3, -0.25) is 4.79 Å². The van der Waals surface area contributed by atoms with E-state index in [9.17, 15) is 4.79 Å². The zero-order valence-electron chi connectivity index (χ0n) is 9.70. The number of hydrogen-bond donors (Lipinski definition) is 1. The Balaban J connectivity index is 2.76. The smallest absolute Gasteiger partial charge is 0.303 e. The van der Waals surface area contributed by atoms with Crippen LogP contribution in [-0.2, 0) is 11.2 Å². The molecule has 1 aromatic carbocycles. The summed E-state index contributed by atoms with van der Waals surface area (Å²) in [5.41, 5.74) is 1.69. The van der Waals surface area contributed by atoms with Gasteiger partial charge >= 0.3 is 5.97 Å². The lowest BCUT2D eigenvalue weighted by atomic mass is 10.1. The van der Waals surface area contributed by atoms with Crippen molar-refractivity contribution in [2.24, 2.45) is 0 Å². The van der Waals surface area contributed by atoms with E-state index in [-0.39, 0.29) is 6.42 Å². The van der Waals surface area contributed by atoms with E-state index in [1.54, 1.807) is 18.2 Å². The molecule has 0 aliphatic heterocycles. The number of carboxylic acids is 1. The predicted molar refractivity (Wildman–Crippen MR) is 67.7 cm³/mol. The zero-order valence-corrected chi connectivity index (χ0v) is 10.5. The van der Waals surface area contributed by atoms with E-state index in [4.69, 9.17) is 21.4 Å². The van der Waals surface area contributed by atoms with Crippen molar-refractivity contribution in [3.8, 4) is 5.75 Å². The molecule has 0 saturated carbocycles. The van der Waals surface area contributed by atoms with Gasteiger partial charge in [0.05, 0.1) is 5.02 Å². The van der Waals surface area contributed by atoms with E-state index in [2.05, 4.69) is 6.58 Å². The fourth-order valence-corrected chi connectivity index (χ4v) is 1.58. The van der Waals surface area contributed by atoms with Gasteiger partial charge < -0.3 is 9.84 Å². The molecule has 4 heteroatoms. The van der Waals surface area contributed by atoms with Crippen molar-refractivity contribution in [2.75, 3.05) is 6.61 Å². The topological polar surface area (TPSA) is 46.5 Å². The van der Waals surface area contributed by atoms with Gasteiger partial charge in [-0.25, -0.2) is 0 Å². The summed E-state index contributed by atoms with van der Waals surface area (Å²) >= 11 is 6.13. The number of ether oxygens (including phenoxy) is 1. The summed E-state index contributed by atoms with van der Waals surface area (Å²) in [6, 6.07) is 5.37. The maximum atomic E-state index is 10.5. The second-order valence-electron chi connectivity index (χ2n) is 3.87. The molecule has 17 heavy (non-hydrogen) atoms. The molecule has 0 spiro atoms. The van der Waals surface area contributed by atoms with Gasteiger partial charge in [0.15, 0.2) is 0 Å². The monoisotopic (exact) mass is 254 g/mol. The Hall–Kier alpha value is -1.48. The maximum Gasteiger partial charge on any atom is 0.303 e. The van der Waals surface area contributed by atoms with Crippen LogP contribution in [0.25, 0.3) is 0 Å². The second-order valence-corrected chi connectivity index (χ2v) is 4.25. The third kappa shape index (κ3) is 4.49. The molecule has 0 aliphatic rings. The molecular formula is C13H15ClO3. The number of aliphatic carboxylic acids is 1. The Morgan fingerprint density at radius 1 is 1.53 bits per heavy atom. The van der Waals surface area contributed by atoms with Crippen molar-refractivity contribution in [1.82, 2.24) is 0 Å². The van der Waals surface area contributed by atoms with E-state index < -0.39 is 5.97 Å². The number of aryl methyl sites for hydroxylation is 1. The Kier molecular flexibility index (Phi) is 5.04. The second kappa shape index (κ2) is 6.30. The average molecular weight is 255 g/mol. The highest BCUT2D eigenvalue weighted by Gasteiger charge is 2.08. The summed E-state index contributed by atoms with van der Waals surface area (Å²) in [4.78, 5) is 10.5. The Bertz CT molecular complexity index is 390. The van der Waals surface area contributed by atoms with Crippen LogP contribution in [0.4, 0.5) is 0 Å². The summed E-state index contributed by atoms with van der Waals surface area (Å²) in [7, 11) is 0. The lowest BCUT2D eigenvalue weighted by Crippen LogP contribution is -2.01. The summed E-state index contributed by atoms with van der Waals surface area (Å²) < 4.78 is 5.47. The molecule has 0 unspecified atom stereocenters. The molecule has 1 aromatic rings. The molecule has 0 fully saturated rings. The quantitative estimate of drug-likeness (QED) is 0.793. The van der Waals surface area contributed by atoms with Crippen LogP contribution < -0.4 is 4.74 Å². The number of carbonyl (C=O) groups is 1. The average Bonchev–Trinajstić information content (AvgIpc) is 2.25. The van der Waals surface area contributed by atoms with E-state index in [0.29, 0.717) is 23.8 Å². The molecule has 0 bridgehead atoms. The third-order valence-electron chi connectivity index (χ3n) is 2.13. The molecule has 3 nitrogen and oxygen atoms in total. The van der Waals surface area contributed by atoms with Crippen LogP contribution in [0.3, 0.4) is 0 Å². The molecule has 1 N–H and O–H groups in total. The fourth-order valence-electron chi connectivity index (χ4n) is 1.30. The van der Waals surface area contributed by atoms with Gasteiger partial charge in [0.1, 0.15) is 12.4 Å². The van der Waals surface area contributed by atoms with E-state index in [0.717, 1.165) is 11.1 Å². The van der Waals surface area contributed by atoms with E-state index in [1.807, 2.05) is 6.92 Å². The minimum absolute atomic E-state index is 0.0592. The first-order valence-electron chi connectivity index (χ1n) is 5.27. The van der Waals surface area contributed by atoms with Crippen molar-refractivity contribution < 1.29 is 14.6 Å². The molecule has 92 valence electrons. The standard InChI is InChI=1S/C13H15ClO3/c1-9(2)8-17-11-5-3-4-10(13(11)14)6-7-12(15)16/h3-5H,1,6-8H2,2H3,(H,15,16). The van der Waals surface area contributed by atoms with E-state index in [1.165, 1.54) is 0 Å². The van der Waals surface area contributed by atoms with Crippen LogP contribution in [0.15, 0.2) is 30.4 Å². The van der Waals surface area contributed by atoms with Crippen molar-refractivity contribution in [3.05, 3.63) is 40.9 Å². The molecule has 0 radical (unpaired) electrons. The molecular weight excluding hydrogens is 240 g/mol. The van der Waals surface area contributed by atoms with Crippen LogP contribution in [0.5, 0.6) is 5.75 Å². The molecule has 0 heterocycles. The maximum absolute atomic E-state index is 10.5. The fraction of sp³-hybridized carbons (Fsp3) is 0.308. The Labute approximate surface area is 106 Å². The molecule has 0 atom stereocenters. The van der Waals surface area contributed by atoms with E-state index >= 15 is 0 Å². The van der Waals surface area contributed by atoms with Crippen LogP contribution in [0, 0.1) is 0 Å². The normalized spacial score (nSPS) is 10.0. The summed E-state index contributed by atoms with van der Waals surface area (Å²) in [5.74, 6) is -0.271. The SMILES string of the molecule is C=C(C)COc1cccc(CCC(=O)O)c1Cl. The minimum atomic E-state index is -0.839. The Morgan fingerprint density at radius 3 is 2.82 bits per heavy atom. The summed E-state index contributed by atoms with van der Waals surface area (Å²) in [6.45, 7) is 6.00. The van der Waals surface area contributed by atoms with Crippen LogP contribution >= 0.6 is 11.6 Å².